The van der Waals surface area contributed by atoms with E-state index in [1.54, 1.807) is 0 Å². The molecule has 0 N–H and O–H groups in total. The zero-order chi connectivity index (χ0) is 15.9. The van der Waals surface area contributed by atoms with Crippen LogP contribution >= 0.6 is 10.7 Å². The number of benzene rings is 1. The summed E-state index contributed by atoms with van der Waals surface area (Å²) >= 11 is 0. The van der Waals surface area contributed by atoms with E-state index in [9.17, 15) is 8.42 Å². The Labute approximate surface area is 133 Å². The van der Waals surface area contributed by atoms with Gasteiger partial charge in [0.2, 0.25) is 9.05 Å². The molecule has 0 unspecified atom stereocenters. The molecule has 0 aliphatic rings. The predicted octanol–water partition coefficient (Wildman–Crippen LogP) is 4.63. The van der Waals surface area contributed by atoms with Crippen molar-refractivity contribution < 1.29 is 13.2 Å². The van der Waals surface area contributed by atoms with Crippen LogP contribution in [0.5, 0.6) is 5.75 Å². The highest BCUT2D eigenvalue weighted by molar-refractivity contribution is 8.13. The van der Waals surface area contributed by atoms with Crippen molar-refractivity contribution in [3.63, 3.8) is 0 Å². The highest BCUT2D eigenvalue weighted by Crippen LogP contribution is 2.27. The van der Waals surface area contributed by atoms with Gasteiger partial charge in [0.05, 0.1) is 12.4 Å². The van der Waals surface area contributed by atoms with Crippen LogP contribution in [-0.2, 0) is 9.05 Å². The van der Waals surface area contributed by atoms with Crippen molar-refractivity contribution in [1.29, 1.82) is 0 Å². The fraction of sp³-hybridized carbons (Fsp3) is 0.625. The molecule has 0 saturated heterocycles. The number of ether oxygens (including phenoxy) is 1. The molecule has 0 amide bonds. The molecule has 1 aromatic rings. The first-order valence-electron chi connectivity index (χ1n) is 7.45. The zero-order valence-corrected chi connectivity index (χ0v) is 14.6. The SMILES string of the molecule is Cc1ccc(C(C)C)c(OCCCCCCS(=O)(=O)Cl)c1. The predicted molar refractivity (Wildman–Crippen MR) is 88.9 cm³/mol. The molecule has 0 heterocycles. The van der Waals surface area contributed by atoms with Gasteiger partial charge < -0.3 is 4.74 Å². The van der Waals surface area contributed by atoms with Crippen molar-refractivity contribution in [1.82, 2.24) is 0 Å². The molecule has 0 aromatic heterocycles. The summed E-state index contributed by atoms with van der Waals surface area (Å²) < 4.78 is 27.4. The molecule has 3 nitrogen and oxygen atoms in total. The molecule has 1 aromatic carbocycles. The molecule has 0 spiro atoms. The highest BCUT2D eigenvalue weighted by atomic mass is 35.7. The van der Waals surface area contributed by atoms with Gasteiger partial charge in [0, 0.05) is 10.7 Å². The van der Waals surface area contributed by atoms with Crippen LogP contribution in [0.25, 0.3) is 0 Å². The van der Waals surface area contributed by atoms with Gasteiger partial charge in [-0.1, -0.05) is 38.8 Å². The van der Waals surface area contributed by atoms with Crippen molar-refractivity contribution in [2.75, 3.05) is 12.4 Å². The van der Waals surface area contributed by atoms with Gasteiger partial charge in [0.25, 0.3) is 0 Å². The first-order valence-corrected chi connectivity index (χ1v) is 9.93. The molecule has 21 heavy (non-hydrogen) atoms. The quantitative estimate of drug-likeness (QED) is 0.489. The lowest BCUT2D eigenvalue weighted by Crippen LogP contribution is -2.02. The number of hydrogen-bond donors (Lipinski definition) is 0. The van der Waals surface area contributed by atoms with E-state index in [-0.39, 0.29) is 5.75 Å². The number of rotatable bonds is 9. The Morgan fingerprint density at radius 3 is 2.43 bits per heavy atom. The fourth-order valence-electron chi connectivity index (χ4n) is 2.16. The van der Waals surface area contributed by atoms with E-state index in [2.05, 4.69) is 39.0 Å². The Bertz CT molecular complexity index is 538. The summed E-state index contributed by atoms with van der Waals surface area (Å²) in [6, 6.07) is 6.31. The highest BCUT2D eigenvalue weighted by Gasteiger charge is 2.08. The lowest BCUT2D eigenvalue weighted by molar-refractivity contribution is 0.301. The standard InChI is InChI=1S/C16H25ClO3S/c1-13(2)15-9-8-14(3)12-16(15)20-10-6-4-5-7-11-21(17,18)19/h8-9,12-13H,4-7,10-11H2,1-3H3. The van der Waals surface area contributed by atoms with E-state index < -0.39 is 9.05 Å². The van der Waals surface area contributed by atoms with Gasteiger partial charge >= 0.3 is 0 Å². The largest absolute Gasteiger partial charge is 0.493 e. The Morgan fingerprint density at radius 1 is 1.14 bits per heavy atom. The lowest BCUT2D eigenvalue weighted by Gasteiger charge is -2.14. The summed E-state index contributed by atoms with van der Waals surface area (Å²) in [4.78, 5) is 0. The molecule has 0 fully saturated rings. The minimum absolute atomic E-state index is 0.0603. The van der Waals surface area contributed by atoms with Crippen LogP contribution in [-0.4, -0.2) is 20.8 Å². The summed E-state index contributed by atoms with van der Waals surface area (Å²) in [5.41, 5.74) is 2.43. The maximum absolute atomic E-state index is 10.8. The van der Waals surface area contributed by atoms with E-state index >= 15 is 0 Å². The van der Waals surface area contributed by atoms with Crippen molar-refractivity contribution in [2.45, 2.75) is 52.4 Å². The molecule has 0 saturated carbocycles. The van der Waals surface area contributed by atoms with Crippen molar-refractivity contribution in [3.05, 3.63) is 29.3 Å². The van der Waals surface area contributed by atoms with E-state index in [4.69, 9.17) is 15.4 Å². The lowest BCUT2D eigenvalue weighted by atomic mass is 10.0. The number of aryl methyl sites for hydroxylation is 1. The Hall–Kier alpha value is -0.740. The molecule has 5 heteroatoms. The summed E-state index contributed by atoms with van der Waals surface area (Å²) in [5.74, 6) is 1.47. The monoisotopic (exact) mass is 332 g/mol. The molecular weight excluding hydrogens is 308 g/mol. The van der Waals surface area contributed by atoms with Crippen LogP contribution in [0.4, 0.5) is 0 Å². The van der Waals surface area contributed by atoms with Crippen LogP contribution in [0.2, 0.25) is 0 Å². The second-order valence-corrected chi connectivity index (χ2v) is 8.60. The van der Waals surface area contributed by atoms with Crippen molar-refractivity contribution >= 4 is 19.7 Å². The normalized spacial score (nSPS) is 11.9. The maximum atomic E-state index is 10.8. The Kier molecular flexibility index (Phi) is 7.53. The van der Waals surface area contributed by atoms with Crippen molar-refractivity contribution in [3.8, 4) is 5.75 Å². The second kappa shape index (κ2) is 8.64. The molecule has 120 valence electrons. The van der Waals surface area contributed by atoms with Crippen LogP contribution < -0.4 is 4.74 Å². The fourth-order valence-corrected chi connectivity index (χ4v) is 3.03. The Morgan fingerprint density at radius 2 is 1.81 bits per heavy atom. The maximum Gasteiger partial charge on any atom is 0.232 e. The summed E-state index contributed by atoms with van der Waals surface area (Å²) in [6.07, 6.45) is 3.36. The average Bonchev–Trinajstić information content (AvgIpc) is 2.36. The number of halogens is 1. The molecular formula is C16H25ClO3S. The molecule has 0 bridgehead atoms. The summed E-state index contributed by atoms with van der Waals surface area (Å²) in [7, 11) is 1.82. The van der Waals surface area contributed by atoms with Gasteiger partial charge in [-0.15, -0.1) is 0 Å². The summed E-state index contributed by atoms with van der Waals surface area (Å²) in [5, 5.41) is 0. The van der Waals surface area contributed by atoms with E-state index in [0.29, 0.717) is 18.9 Å². The number of unbranched alkanes of at least 4 members (excludes halogenated alkanes) is 3. The van der Waals surface area contributed by atoms with Gasteiger partial charge in [-0.25, -0.2) is 8.42 Å². The van der Waals surface area contributed by atoms with E-state index in [0.717, 1.165) is 25.0 Å². The number of hydrogen-bond acceptors (Lipinski definition) is 3. The van der Waals surface area contributed by atoms with E-state index in [1.165, 1.54) is 11.1 Å². The van der Waals surface area contributed by atoms with Gasteiger partial charge in [0.1, 0.15) is 5.75 Å². The van der Waals surface area contributed by atoms with Gasteiger partial charge in [-0.3, -0.25) is 0 Å². The van der Waals surface area contributed by atoms with E-state index in [1.807, 2.05) is 0 Å². The summed E-state index contributed by atoms with van der Waals surface area (Å²) in [6.45, 7) is 7.04. The molecule has 0 aliphatic heterocycles. The Balaban J connectivity index is 2.31. The van der Waals surface area contributed by atoms with Gasteiger partial charge in [-0.2, -0.15) is 0 Å². The molecule has 0 atom stereocenters. The average molecular weight is 333 g/mol. The zero-order valence-electron chi connectivity index (χ0n) is 13.1. The first kappa shape index (κ1) is 18.3. The van der Waals surface area contributed by atoms with Crippen LogP contribution in [0.1, 0.15) is 56.6 Å². The van der Waals surface area contributed by atoms with Crippen LogP contribution in [0.3, 0.4) is 0 Å². The minimum atomic E-state index is -3.34. The third kappa shape index (κ3) is 7.72. The van der Waals surface area contributed by atoms with Gasteiger partial charge in [0.15, 0.2) is 0 Å². The molecule has 1 rings (SSSR count). The van der Waals surface area contributed by atoms with Crippen molar-refractivity contribution in [2.24, 2.45) is 0 Å². The third-order valence-electron chi connectivity index (χ3n) is 3.33. The van der Waals surface area contributed by atoms with Gasteiger partial charge in [-0.05, 0) is 42.9 Å². The third-order valence-corrected chi connectivity index (χ3v) is 4.57. The molecule has 0 radical (unpaired) electrons. The molecule has 0 aliphatic carbocycles. The topological polar surface area (TPSA) is 43.4 Å². The smallest absolute Gasteiger partial charge is 0.232 e. The van der Waals surface area contributed by atoms with Crippen LogP contribution in [0, 0.1) is 6.92 Å². The second-order valence-electron chi connectivity index (χ2n) is 5.70. The van der Waals surface area contributed by atoms with Crippen LogP contribution in [0.15, 0.2) is 18.2 Å². The minimum Gasteiger partial charge on any atom is -0.493 e. The first-order chi connectivity index (χ1) is 9.79.